The van der Waals surface area contributed by atoms with Gasteiger partial charge in [0.05, 0.1) is 25.2 Å². The zero-order valence-corrected chi connectivity index (χ0v) is 8.75. The Morgan fingerprint density at radius 1 is 1.57 bits per heavy atom. The van der Waals surface area contributed by atoms with Crippen LogP contribution in [-0.4, -0.2) is 24.8 Å². The van der Waals surface area contributed by atoms with Crippen molar-refractivity contribution >= 4 is 5.97 Å². The van der Waals surface area contributed by atoms with E-state index in [2.05, 4.69) is 0 Å². The number of epoxide rings is 1. The van der Waals surface area contributed by atoms with Gasteiger partial charge in [0.25, 0.3) is 0 Å². The Balaban J connectivity index is 1.86. The number of carbonyl (C=O) groups is 1. The molecule has 3 heteroatoms. The van der Waals surface area contributed by atoms with Crippen molar-refractivity contribution in [1.29, 1.82) is 0 Å². The van der Waals surface area contributed by atoms with E-state index in [1.165, 1.54) is 12.8 Å². The van der Waals surface area contributed by atoms with Crippen molar-refractivity contribution in [1.82, 2.24) is 0 Å². The van der Waals surface area contributed by atoms with Gasteiger partial charge in [0.1, 0.15) is 0 Å². The molecule has 0 aromatic rings. The van der Waals surface area contributed by atoms with Crippen LogP contribution < -0.4 is 0 Å². The van der Waals surface area contributed by atoms with Gasteiger partial charge >= 0.3 is 5.97 Å². The molecule has 0 aromatic heterocycles. The summed E-state index contributed by atoms with van der Waals surface area (Å²) >= 11 is 0. The lowest BCUT2D eigenvalue weighted by atomic mass is 9.77. The maximum atomic E-state index is 11.3. The summed E-state index contributed by atoms with van der Waals surface area (Å²) in [4.78, 5) is 11.3. The summed E-state index contributed by atoms with van der Waals surface area (Å²) in [6.45, 7) is 3.19. The molecule has 2 atom stereocenters. The highest BCUT2D eigenvalue weighted by Crippen LogP contribution is 2.47. The van der Waals surface area contributed by atoms with Gasteiger partial charge < -0.3 is 9.47 Å². The average Bonchev–Trinajstić information content (AvgIpc) is 2.91. The minimum Gasteiger partial charge on any atom is -0.466 e. The van der Waals surface area contributed by atoms with Crippen molar-refractivity contribution in [2.45, 2.75) is 44.6 Å². The Morgan fingerprint density at radius 2 is 2.36 bits per heavy atom. The van der Waals surface area contributed by atoms with Crippen LogP contribution in [0, 0.1) is 5.92 Å². The molecule has 0 unspecified atom stereocenters. The number of ether oxygens (including phenoxy) is 2. The second kappa shape index (κ2) is 3.89. The molecule has 3 nitrogen and oxygen atoms in total. The van der Waals surface area contributed by atoms with E-state index in [9.17, 15) is 4.79 Å². The topological polar surface area (TPSA) is 38.8 Å². The van der Waals surface area contributed by atoms with Gasteiger partial charge in [0.2, 0.25) is 0 Å². The standard InChI is InChI=1S/C11H18O3/c1-2-13-10(12)7-9-5-3-4-6-11(9)8-14-11/h9H,2-8H2,1H3/t9-,11-/m1/s1. The van der Waals surface area contributed by atoms with Crippen molar-refractivity contribution in [3.8, 4) is 0 Å². The Bertz CT molecular complexity index is 221. The van der Waals surface area contributed by atoms with E-state index in [-0.39, 0.29) is 11.6 Å². The van der Waals surface area contributed by atoms with Gasteiger partial charge in [-0.05, 0) is 19.8 Å². The maximum Gasteiger partial charge on any atom is 0.306 e. The molecule has 0 radical (unpaired) electrons. The first kappa shape index (κ1) is 9.97. The summed E-state index contributed by atoms with van der Waals surface area (Å²) in [6, 6.07) is 0. The van der Waals surface area contributed by atoms with Crippen LogP contribution in [0.1, 0.15) is 39.0 Å². The van der Waals surface area contributed by atoms with Gasteiger partial charge in [0.15, 0.2) is 0 Å². The Kier molecular flexibility index (Phi) is 2.77. The predicted octanol–water partition coefficient (Wildman–Crippen LogP) is 1.90. The largest absolute Gasteiger partial charge is 0.466 e. The van der Waals surface area contributed by atoms with Crippen LogP contribution in [-0.2, 0) is 14.3 Å². The molecule has 0 amide bonds. The van der Waals surface area contributed by atoms with Crippen LogP contribution in [0.5, 0.6) is 0 Å². The predicted molar refractivity (Wildman–Crippen MR) is 51.9 cm³/mol. The highest BCUT2D eigenvalue weighted by molar-refractivity contribution is 5.69. The number of carbonyl (C=O) groups excluding carboxylic acids is 1. The van der Waals surface area contributed by atoms with E-state index in [0.717, 1.165) is 19.4 Å². The van der Waals surface area contributed by atoms with Gasteiger partial charge in [-0.1, -0.05) is 12.8 Å². The SMILES string of the molecule is CCOC(=O)C[C@H]1CCCC[C@@]12CO2. The molecule has 1 aliphatic carbocycles. The van der Waals surface area contributed by atoms with Crippen LogP contribution in [0.4, 0.5) is 0 Å². The normalized spacial score (nSPS) is 35.6. The van der Waals surface area contributed by atoms with Crippen LogP contribution in [0.25, 0.3) is 0 Å². The monoisotopic (exact) mass is 198 g/mol. The van der Waals surface area contributed by atoms with E-state index < -0.39 is 0 Å². The van der Waals surface area contributed by atoms with Gasteiger partial charge in [-0.3, -0.25) is 4.79 Å². The van der Waals surface area contributed by atoms with E-state index in [1.54, 1.807) is 0 Å². The lowest BCUT2D eigenvalue weighted by Crippen LogP contribution is -2.30. The molecule has 0 aromatic carbocycles. The first-order chi connectivity index (χ1) is 6.77. The summed E-state index contributed by atoms with van der Waals surface area (Å²) in [5, 5.41) is 0. The summed E-state index contributed by atoms with van der Waals surface area (Å²) < 4.78 is 10.5. The second-order valence-corrected chi connectivity index (χ2v) is 4.31. The van der Waals surface area contributed by atoms with Crippen molar-refractivity contribution < 1.29 is 14.3 Å². The molecule has 0 N–H and O–H groups in total. The molecule has 0 bridgehead atoms. The lowest BCUT2D eigenvalue weighted by molar-refractivity contribution is -0.145. The van der Waals surface area contributed by atoms with Crippen LogP contribution >= 0.6 is 0 Å². The van der Waals surface area contributed by atoms with Gasteiger partial charge in [-0.25, -0.2) is 0 Å². The minimum absolute atomic E-state index is 0.0609. The van der Waals surface area contributed by atoms with Crippen LogP contribution in [0.2, 0.25) is 0 Å². The fourth-order valence-corrected chi connectivity index (χ4v) is 2.46. The first-order valence-electron chi connectivity index (χ1n) is 5.56. The Labute approximate surface area is 84.8 Å². The lowest BCUT2D eigenvalue weighted by Gasteiger charge is -2.27. The van der Waals surface area contributed by atoms with Crippen molar-refractivity contribution in [2.75, 3.05) is 13.2 Å². The van der Waals surface area contributed by atoms with E-state index in [0.29, 0.717) is 18.9 Å². The smallest absolute Gasteiger partial charge is 0.306 e. The van der Waals surface area contributed by atoms with Gasteiger partial charge in [-0.15, -0.1) is 0 Å². The Morgan fingerprint density at radius 3 is 3.00 bits per heavy atom. The molecular formula is C11H18O3. The summed E-state index contributed by atoms with van der Waals surface area (Å²) in [5.41, 5.74) is 0.0744. The maximum absolute atomic E-state index is 11.3. The number of hydrogen-bond donors (Lipinski definition) is 0. The Hall–Kier alpha value is -0.570. The van der Waals surface area contributed by atoms with E-state index >= 15 is 0 Å². The highest BCUT2D eigenvalue weighted by atomic mass is 16.6. The fraction of sp³-hybridized carbons (Fsp3) is 0.909. The molecule has 14 heavy (non-hydrogen) atoms. The summed E-state index contributed by atoms with van der Waals surface area (Å²) in [7, 11) is 0. The molecule has 1 spiro atoms. The zero-order valence-electron chi connectivity index (χ0n) is 8.75. The molecule has 80 valence electrons. The molecule has 2 aliphatic rings. The average molecular weight is 198 g/mol. The molecule has 2 rings (SSSR count). The van der Waals surface area contributed by atoms with Crippen molar-refractivity contribution in [3.05, 3.63) is 0 Å². The second-order valence-electron chi connectivity index (χ2n) is 4.31. The first-order valence-corrected chi connectivity index (χ1v) is 5.56. The number of hydrogen-bond acceptors (Lipinski definition) is 3. The molecule has 1 aliphatic heterocycles. The van der Waals surface area contributed by atoms with Gasteiger partial charge in [-0.2, -0.15) is 0 Å². The highest BCUT2D eigenvalue weighted by Gasteiger charge is 2.52. The number of rotatable bonds is 3. The molecule has 1 saturated carbocycles. The molecule has 1 saturated heterocycles. The summed E-state index contributed by atoms with van der Waals surface area (Å²) in [6.07, 6.45) is 5.29. The van der Waals surface area contributed by atoms with Crippen molar-refractivity contribution in [2.24, 2.45) is 5.92 Å². The van der Waals surface area contributed by atoms with E-state index in [1.807, 2.05) is 6.92 Å². The quantitative estimate of drug-likeness (QED) is 0.513. The van der Waals surface area contributed by atoms with Crippen molar-refractivity contribution in [3.63, 3.8) is 0 Å². The third-order valence-corrected chi connectivity index (χ3v) is 3.38. The summed E-state index contributed by atoms with van der Waals surface area (Å²) in [5.74, 6) is 0.351. The van der Waals surface area contributed by atoms with E-state index in [4.69, 9.17) is 9.47 Å². The molecular weight excluding hydrogens is 180 g/mol. The third-order valence-electron chi connectivity index (χ3n) is 3.38. The van der Waals surface area contributed by atoms with Crippen LogP contribution in [0.15, 0.2) is 0 Å². The molecule has 2 fully saturated rings. The minimum atomic E-state index is -0.0609. The third kappa shape index (κ3) is 1.92. The fourth-order valence-electron chi connectivity index (χ4n) is 2.46. The van der Waals surface area contributed by atoms with Crippen LogP contribution in [0.3, 0.4) is 0 Å². The molecule has 1 heterocycles. The zero-order chi connectivity index (χ0) is 10.0. The van der Waals surface area contributed by atoms with Gasteiger partial charge in [0, 0.05) is 5.92 Å². The number of esters is 1.